The van der Waals surface area contributed by atoms with Crippen LogP contribution in [0.3, 0.4) is 0 Å². The number of carbonyl (C=O) groups excluding carboxylic acids is 1. The Kier molecular flexibility index (Phi) is 4.35. The number of aromatic nitrogens is 4. The number of rotatable bonds is 4. The minimum absolute atomic E-state index is 0.168. The summed E-state index contributed by atoms with van der Waals surface area (Å²) >= 11 is 0. The van der Waals surface area contributed by atoms with Gasteiger partial charge in [0.2, 0.25) is 5.95 Å². The van der Waals surface area contributed by atoms with Crippen molar-refractivity contribution >= 4 is 11.7 Å². The van der Waals surface area contributed by atoms with Gasteiger partial charge in [-0.15, -0.1) is 5.10 Å². The standard InChI is InChI=1S/C22H21N5O2/c1-2-29-16-10-8-14(9-11-16)20-19-17(6-3-7-18(19)28)24-22-25-21(26-27(20)22)15-5-4-12-23-13-15/h4-5,8-13,20H,2-3,6-7H2,1H3,(H,24,25,26). The van der Waals surface area contributed by atoms with E-state index in [4.69, 9.17) is 14.8 Å². The maximum Gasteiger partial charge on any atom is 0.226 e. The van der Waals surface area contributed by atoms with Crippen molar-refractivity contribution in [2.24, 2.45) is 0 Å². The lowest BCUT2D eigenvalue weighted by atomic mass is 9.85. The van der Waals surface area contributed by atoms with E-state index < -0.39 is 0 Å². The lowest BCUT2D eigenvalue weighted by Crippen LogP contribution is -2.31. The van der Waals surface area contributed by atoms with Gasteiger partial charge in [-0.05, 0) is 49.6 Å². The van der Waals surface area contributed by atoms with E-state index in [0.29, 0.717) is 24.8 Å². The summed E-state index contributed by atoms with van der Waals surface area (Å²) < 4.78 is 7.39. The molecular weight excluding hydrogens is 366 g/mol. The van der Waals surface area contributed by atoms with Crippen LogP contribution in [0.5, 0.6) is 5.75 Å². The molecule has 1 aliphatic carbocycles. The van der Waals surface area contributed by atoms with Crippen LogP contribution in [-0.2, 0) is 4.79 Å². The first-order valence-corrected chi connectivity index (χ1v) is 9.87. The van der Waals surface area contributed by atoms with Gasteiger partial charge >= 0.3 is 0 Å². The summed E-state index contributed by atoms with van der Waals surface area (Å²) in [5, 5.41) is 8.10. The van der Waals surface area contributed by atoms with Crippen LogP contribution < -0.4 is 10.1 Å². The summed E-state index contributed by atoms with van der Waals surface area (Å²) in [6.45, 7) is 2.57. The number of hydrogen-bond acceptors (Lipinski definition) is 6. The van der Waals surface area contributed by atoms with Gasteiger partial charge < -0.3 is 10.1 Å². The summed E-state index contributed by atoms with van der Waals surface area (Å²) in [5.41, 5.74) is 3.57. The highest BCUT2D eigenvalue weighted by atomic mass is 16.5. The first-order valence-electron chi connectivity index (χ1n) is 9.87. The van der Waals surface area contributed by atoms with Crippen molar-refractivity contribution < 1.29 is 9.53 Å². The van der Waals surface area contributed by atoms with Crippen molar-refractivity contribution in [3.05, 3.63) is 65.6 Å². The van der Waals surface area contributed by atoms with Crippen LogP contribution >= 0.6 is 0 Å². The van der Waals surface area contributed by atoms with E-state index >= 15 is 0 Å². The first kappa shape index (κ1) is 17.6. The third kappa shape index (κ3) is 3.08. The SMILES string of the molecule is CCOc1ccc(C2C3=C(CCCC3=O)Nc3nc(-c4cccnc4)nn32)cc1. The zero-order valence-electron chi connectivity index (χ0n) is 16.1. The number of anilines is 1. The molecule has 5 rings (SSSR count). The van der Waals surface area contributed by atoms with E-state index in [2.05, 4.69) is 10.3 Å². The van der Waals surface area contributed by atoms with E-state index in [-0.39, 0.29) is 11.8 Å². The summed E-state index contributed by atoms with van der Waals surface area (Å²) in [7, 11) is 0. The van der Waals surface area contributed by atoms with Crippen LogP contribution in [0.2, 0.25) is 0 Å². The van der Waals surface area contributed by atoms with Crippen LogP contribution in [-0.4, -0.2) is 32.1 Å². The molecule has 0 saturated heterocycles. The van der Waals surface area contributed by atoms with Crippen LogP contribution in [0.25, 0.3) is 11.4 Å². The number of carbonyl (C=O) groups is 1. The van der Waals surface area contributed by atoms with Crippen molar-refractivity contribution in [2.45, 2.75) is 32.2 Å². The highest BCUT2D eigenvalue weighted by Gasteiger charge is 2.36. The zero-order valence-corrected chi connectivity index (χ0v) is 16.1. The van der Waals surface area contributed by atoms with E-state index in [9.17, 15) is 4.79 Å². The molecule has 1 aromatic carbocycles. The Morgan fingerprint density at radius 3 is 2.83 bits per heavy atom. The van der Waals surface area contributed by atoms with Crippen molar-refractivity contribution in [1.82, 2.24) is 19.7 Å². The van der Waals surface area contributed by atoms with Gasteiger partial charge in [-0.1, -0.05) is 12.1 Å². The fraction of sp³-hybridized carbons (Fsp3) is 0.273. The number of benzene rings is 1. The van der Waals surface area contributed by atoms with E-state index in [0.717, 1.165) is 41.0 Å². The third-order valence-electron chi connectivity index (χ3n) is 5.29. The Bertz CT molecular complexity index is 1090. The fourth-order valence-electron chi connectivity index (χ4n) is 3.99. The highest BCUT2D eigenvalue weighted by Crippen LogP contribution is 2.40. The molecule has 1 N–H and O–H groups in total. The monoisotopic (exact) mass is 387 g/mol. The second-order valence-electron chi connectivity index (χ2n) is 7.14. The number of ether oxygens (including phenoxy) is 1. The predicted octanol–water partition coefficient (Wildman–Crippen LogP) is 3.76. The van der Waals surface area contributed by atoms with E-state index in [1.165, 1.54) is 0 Å². The Balaban J connectivity index is 1.63. The molecule has 2 aliphatic rings. The smallest absolute Gasteiger partial charge is 0.226 e. The lowest BCUT2D eigenvalue weighted by Gasteiger charge is -2.32. The number of nitrogens with one attached hydrogen (secondary N) is 1. The van der Waals surface area contributed by atoms with E-state index in [1.54, 1.807) is 12.4 Å². The molecule has 0 saturated carbocycles. The van der Waals surface area contributed by atoms with Gasteiger partial charge in [0.15, 0.2) is 11.6 Å². The second kappa shape index (κ2) is 7.16. The van der Waals surface area contributed by atoms with Gasteiger partial charge in [0.1, 0.15) is 11.8 Å². The number of Topliss-reactive ketones (excluding diaryl/α,β-unsaturated/α-hetero) is 1. The average molecular weight is 387 g/mol. The molecule has 1 atom stereocenters. The van der Waals surface area contributed by atoms with Gasteiger partial charge in [0.05, 0.1) is 6.61 Å². The summed E-state index contributed by atoms with van der Waals surface area (Å²) in [6, 6.07) is 11.4. The molecule has 0 spiro atoms. The topological polar surface area (TPSA) is 81.9 Å². The van der Waals surface area contributed by atoms with Gasteiger partial charge in [0.25, 0.3) is 0 Å². The van der Waals surface area contributed by atoms with E-state index in [1.807, 2.05) is 48.0 Å². The van der Waals surface area contributed by atoms with Crippen molar-refractivity contribution in [3.8, 4) is 17.1 Å². The molecule has 29 heavy (non-hydrogen) atoms. The Labute approximate surface area is 168 Å². The molecule has 146 valence electrons. The van der Waals surface area contributed by atoms with Crippen LogP contribution in [0.15, 0.2) is 60.1 Å². The number of allylic oxidation sites excluding steroid dienone is 2. The normalized spacial score (nSPS) is 18.1. The summed E-state index contributed by atoms with van der Waals surface area (Å²) in [6.07, 6.45) is 5.71. The molecule has 7 nitrogen and oxygen atoms in total. The predicted molar refractivity (Wildman–Crippen MR) is 109 cm³/mol. The fourth-order valence-corrected chi connectivity index (χ4v) is 3.99. The molecular formula is C22H21N5O2. The van der Waals surface area contributed by atoms with Gasteiger partial charge in [-0.3, -0.25) is 9.78 Å². The minimum atomic E-state index is -0.303. The Hall–Kier alpha value is -3.48. The second-order valence-corrected chi connectivity index (χ2v) is 7.14. The van der Waals surface area contributed by atoms with Gasteiger partial charge in [-0.2, -0.15) is 4.98 Å². The molecule has 0 amide bonds. The lowest BCUT2D eigenvalue weighted by molar-refractivity contribution is -0.116. The zero-order chi connectivity index (χ0) is 19.8. The number of fused-ring (bicyclic) bond motifs is 1. The van der Waals surface area contributed by atoms with Crippen molar-refractivity contribution in [1.29, 1.82) is 0 Å². The summed E-state index contributed by atoms with van der Waals surface area (Å²) in [5.74, 6) is 2.21. The Morgan fingerprint density at radius 1 is 1.21 bits per heavy atom. The molecule has 3 heterocycles. The van der Waals surface area contributed by atoms with Gasteiger partial charge in [-0.25, -0.2) is 4.68 Å². The number of hydrogen-bond donors (Lipinski definition) is 1. The highest BCUT2D eigenvalue weighted by molar-refractivity contribution is 5.99. The molecule has 0 fully saturated rings. The molecule has 7 heteroatoms. The molecule has 1 aliphatic heterocycles. The number of nitrogens with zero attached hydrogens (tertiary/aromatic N) is 4. The first-order chi connectivity index (χ1) is 14.2. The number of pyridine rings is 1. The van der Waals surface area contributed by atoms with Crippen molar-refractivity contribution in [3.63, 3.8) is 0 Å². The third-order valence-corrected chi connectivity index (χ3v) is 5.29. The molecule has 1 unspecified atom stereocenters. The van der Waals surface area contributed by atoms with Crippen LogP contribution in [0.1, 0.15) is 37.8 Å². The maximum absolute atomic E-state index is 12.9. The van der Waals surface area contributed by atoms with Crippen LogP contribution in [0, 0.1) is 0 Å². The Morgan fingerprint density at radius 2 is 2.07 bits per heavy atom. The maximum atomic E-state index is 12.9. The number of ketones is 1. The largest absolute Gasteiger partial charge is 0.494 e. The van der Waals surface area contributed by atoms with Gasteiger partial charge in [0, 0.05) is 35.6 Å². The molecule has 0 bridgehead atoms. The van der Waals surface area contributed by atoms with Crippen molar-refractivity contribution in [2.75, 3.05) is 11.9 Å². The molecule has 0 radical (unpaired) electrons. The average Bonchev–Trinajstić information content (AvgIpc) is 3.18. The molecule has 3 aromatic rings. The molecule has 2 aromatic heterocycles. The quantitative estimate of drug-likeness (QED) is 0.734. The summed E-state index contributed by atoms with van der Waals surface area (Å²) in [4.78, 5) is 21.7. The minimum Gasteiger partial charge on any atom is -0.494 e. The van der Waals surface area contributed by atoms with Crippen LogP contribution in [0.4, 0.5) is 5.95 Å².